The summed E-state index contributed by atoms with van der Waals surface area (Å²) in [7, 11) is 1.62. The summed E-state index contributed by atoms with van der Waals surface area (Å²) in [5.74, 6) is 0.639. The molecule has 1 amide bonds. The number of amides is 1. The number of ether oxygens (including phenoxy) is 3. The maximum Gasteiger partial charge on any atom is 0.251 e. The minimum absolute atomic E-state index is 0.0936. The Hall–Kier alpha value is -1.59. The molecule has 1 fully saturated rings. The van der Waals surface area contributed by atoms with Crippen molar-refractivity contribution in [2.45, 2.75) is 45.5 Å². The molecule has 1 aromatic rings. The second-order valence-corrected chi connectivity index (χ2v) is 5.73. The van der Waals surface area contributed by atoms with Crippen LogP contribution in [0.2, 0.25) is 0 Å². The van der Waals surface area contributed by atoms with E-state index in [1.54, 1.807) is 19.2 Å². The van der Waals surface area contributed by atoms with E-state index in [9.17, 15) is 4.79 Å². The third-order valence-electron chi connectivity index (χ3n) is 3.63. The van der Waals surface area contributed by atoms with Gasteiger partial charge in [0.2, 0.25) is 0 Å². The van der Waals surface area contributed by atoms with Crippen LogP contribution in [-0.2, 0) is 16.1 Å². The maximum absolute atomic E-state index is 12.2. The van der Waals surface area contributed by atoms with Crippen molar-refractivity contribution in [3.8, 4) is 5.75 Å². The SMILES string of the molecule is COc1ccc(C(=O)NCC2CCCO2)cc1COC(C)C. The Bertz CT molecular complexity index is 495. The number of rotatable bonds is 7. The predicted molar refractivity (Wildman–Crippen MR) is 84.2 cm³/mol. The van der Waals surface area contributed by atoms with E-state index in [1.807, 2.05) is 19.9 Å². The zero-order valence-electron chi connectivity index (χ0n) is 13.6. The van der Waals surface area contributed by atoms with Gasteiger partial charge in [0.15, 0.2) is 0 Å². The summed E-state index contributed by atoms with van der Waals surface area (Å²) in [6.45, 7) is 5.73. The highest BCUT2D eigenvalue weighted by Crippen LogP contribution is 2.21. The van der Waals surface area contributed by atoms with E-state index in [0.29, 0.717) is 18.7 Å². The lowest BCUT2D eigenvalue weighted by Gasteiger charge is -2.14. The first-order valence-electron chi connectivity index (χ1n) is 7.78. The molecule has 0 saturated carbocycles. The second-order valence-electron chi connectivity index (χ2n) is 5.73. The van der Waals surface area contributed by atoms with E-state index < -0.39 is 0 Å². The molecule has 0 spiro atoms. The predicted octanol–water partition coefficient (Wildman–Crippen LogP) is 2.53. The van der Waals surface area contributed by atoms with Crippen molar-refractivity contribution >= 4 is 5.91 Å². The van der Waals surface area contributed by atoms with Crippen molar-refractivity contribution in [1.29, 1.82) is 0 Å². The quantitative estimate of drug-likeness (QED) is 0.841. The molecule has 5 nitrogen and oxygen atoms in total. The van der Waals surface area contributed by atoms with Crippen LogP contribution in [0.25, 0.3) is 0 Å². The average molecular weight is 307 g/mol. The van der Waals surface area contributed by atoms with Gasteiger partial charge < -0.3 is 19.5 Å². The normalized spacial score (nSPS) is 17.7. The molecule has 122 valence electrons. The van der Waals surface area contributed by atoms with Gasteiger partial charge in [-0.25, -0.2) is 0 Å². The van der Waals surface area contributed by atoms with Gasteiger partial charge >= 0.3 is 0 Å². The summed E-state index contributed by atoms with van der Waals surface area (Å²) in [6, 6.07) is 5.40. The van der Waals surface area contributed by atoms with E-state index in [-0.39, 0.29) is 18.1 Å². The number of carbonyl (C=O) groups excluding carboxylic acids is 1. The first-order chi connectivity index (χ1) is 10.6. The fraction of sp³-hybridized carbons (Fsp3) is 0.588. The van der Waals surface area contributed by atoms with Gasteiger partial charge in [0.1, 0.15) is 5.75 Å². The molecule has 1 atom stereocenters. The molecule has 0 aromatic heterocycles. The molecule has 5 heteroatoms. The zero-order chi connectivity index (χ0) is 15.9. The van der Waals surface area contributed by atoms with Crippen molar-refractivity contribution in [2.24, 2.45) is 0 Å². The third kappa shape index (κ3) is 4.71. The molecular weight excluding hydrogens is 282 g/mol. The summed E-state index contributed by atoms with van der Waals surface area (Å²) in [5, 5.41) is 2.92. The second kappa shape index (κ2) is 8.15. The van der Waals surface area contributed by atoms with Gasteiger partial charge in [0.25, 0.3) is 5.91 Å². The number of hydrogen-bond donors (Lipinski definition) is 1. The van der Waals surface area contributed by atoms with Crippen molar-refractivity contribution in [1.82, 2.24) is 5.32 Å². The lowest BCUT2D eigenvalue weighted by atomic mass is 10.1. The van der Waals surface area contributed by atoms with E-state index in [2.05, 4.69) is 5.32 Å². The van der Waals surface area contributed by atoms with Crippen LogP contribution in [0.3, 0.4) is 0 Å². The minimum Gasteiger partial charge on any atom is -0.496 e. The largest absolute Gasteiger partial charge is 0.496 e. The van der Waals surface area contributed by atoms with E-state index >= 15 is 0 Å². The van der Waals surface area contributed by atoms with Crippen molar-refractivity contribution < 1.29 is 19.0 Å². The molecule has 22 heavy (non-hydrogen) atoms. The highest BCUT2D eigenvalue weighted by atomic mass is 16.5. The molecule has 0 radical (unpaired) electrons. The summed E-state index contributed by atoms with van der Waals surface area (Å²) in [4.78, 5) is 12.2. The molecule has 1 aliphatic rings. The lowest BCUT2D eigenvalue weighted by Crippen LogP contribution is -2.31. The summed E-state index contributed by atoms with van der Waals surface area (Å²) in [5.41, 5.74) is 1.49. The zero-order valence-corrected chi connectivity index (χ0v) is 13.6. The van der Waals surface area contributed by atoms with Gasteiger partial charge in [-0.05, 0) is 44.9 Å². The Morgan fingerprint density at radius 1 is 1.45 bits per heavy atom. The van der Waals surface area contributed by atoms with Gasteiger partial charge in [-0.2, -0.15) is 0 Å². The Kier molecular flexibility index (Phi) is 6.21. The number of nitrogens with one attached hydrogen (secondary N) is 1. The van der Waals surface area contributed by atoms with Crippen LogP contribution in [0.5, 0.6) is 5.75 Å². The van der Waals surface area contributed by atoms with E-state index in [1.165, 1.54) is 0 Å². The van der Waals surface area contributed by atoms with Crippen LogP contribution in [0, 0.1) is 0 Å². The van der Waals surface area contributed by atoms with Gasteiger partial charge in [-0.3, -0.25) is 4.79 Å². The number of methoxy groups -OCH3 is 1. The fourth-order valence-corrected chi connectivity index (χ4v) is 2.40. The molecule has 2 rings (SSSR count). The molecule has 1 saturated heterocycles. The number of hydrogen-bond acceptors (Lipinski definition) is 4. The molecular formula is C17H25NO4. The van der Waals surface area contributed by atoms with Crippen LogP contribution in [0.15, 0.2) is 18.2 Å². The monoisotopic (exact) mass is 307 g/mol. The Morgan fingerprint density at radius 3 is 2.91 bits per heavy atom. The molecule has 1 heterocycles. The van der Waals surface area contributed by atoms with Crippen LogP contribution < -0.4 is 10.1 Å². The standard InChI is InChI=1S/C17H25NO4/c1-12(2)22-11-14-9-13(6-7-16(14)20-3)17(19)18-10-15-5-4-8-21-15/h6-7,9,12,15H,4-5,8,10-11H2,1-3H3,(H,18,19). The summed E-state index contributed by atoms with van der Waals surface area (Å²) in [6.07, 6.45) is 2.35. The fourth-order valence-electron chi connectivity index (χ4n) is 2.40. The maximum atomic E-state index is 12.2. The van der Waals surface area contributed by atoms with Gasteiger partial charge in [0, 0.05) is 24.3 Å². The van der Waals surface area contributed by atoms with Gasteiger partial charge in [-0.1, -0.05) is 0 Å². The molecule has 0 bridgehead atoms. The first-order valence-corrected chi connectivity index (χ1v) is 7.78. The van der Waals surface area contributed by atoms with E-state index in [4.69, 9.17) is 14.2 Å². The Labute approximate surface area is 131 Å². The third-order valence-corrected chi connectivity index (χ3v) is 3.63. The molecule has 1 N–H and O–H groups in total. The van der Waals surface area contributed by atoms with Crippen molar-refractivity contribution in [2.75, 3.05) is 20.3 Å². The van der Waals surface area contributed by atoms with Crippen molar-refractivity contribution in [3.63, 3.8) is 0 Å². The van der Waals surface area contributed by atoms with Crippen LogP contribution in [-0.4, -0.2) is 38.4 Å². The minimum atomic E-state index is -0.0936. The van der Waals surface area contributed by atoms with Crippen molar-refractivity contribution in [3.05, 3.63) is 29.3 Å². The van der Waals surface area contributed by atoms with E-state index in [0.717, 1.165) is 30.8 Å². The van der Waals surface area contributed by atoms with Gasteiger partial charge in [0.05, 0.1) is 25.9 Å². The average Bonchev–Trinajstić information content (AvgIpc) is 3.03. The van der Waals surface area contributed by atoms with Crippen LogP contribution in [0.4, 0.5) is 0 Å². The Morgan fingerprint density at radius 2 is 2.27 bits per heavy atom. The number of benzene rings is 1. The summed E-state index contributed by atoms with van der Waals surface area (Å²) >= 11 is 0. The summed E-state index contributed by atoms with van der Waals surface area (Å²) < 4.78 is 16.4. The van der Waals surface area contributed by atoms with Gasteiger partial charge in [-0.15, -0.1) is 0 Å². The molecule has 1 aromatic carbocycles. The highest BCUT2D eigenvalue weighted by molar-refractivity contribution is 5.94. The number of carbonyl (C=O) groups is 1. The molecule has 1 unspecified atom stereocenters. The molecule has 1 aliphatic heterocycles. The van der Waals surface area contributed by atoms with Crippen LogP contribution >= 0.6 is 0 Å². The topological polar surface area (TPSA) is 56.8 Å². The smallest absolute Gasteiger partial charge is 0.251 e. The first kappa shape index (κ1) is 16.8. The Balaban J connectivity index is 1.99. The van der Waals surface area contributed by atoms with Crippen LogP contribution in [0.1, 0.15) is 42.6 Å². The lowest BCUT2D eigenvalue weighted by molar-refractivity contribution is 0.0643. The highest BCUT2D eigenvalue weighted by Gasteiger charge is 2.17. The molecule has 0 aliphatic carbocycles.